The number of hydrogen-bond donors (Lipinski definition) is 0. The standard InChI is InChI=1S/C58H42N6/c1-37-13-3-4-14-45(37)49-18-11-35-59-54(49)38(2)39-23-25-40(26-24-39)55-56(41-27-31-44(32-28-41)64-53-22-10-7-17-48(53)50-19-12-36-60-58(50)64)62-57(61-55)42-29-33-43(34-30-42)63-51-20-8-5-15-46(51)47-16-6-9-21-52(47)63/h3-9,11-21,23-36,57H,2,10,22H2,1H3. The minimum absolute atomic E-state index is 0.409. The van der Waals surface area contributed by atoms with E-state index in [0.29, 0.717) is 0 Å². The molecule has 4 aromatic heterocycles. The molecule has 1 atom stereocenters. The van der Waals surface area contributed by atoms with Crippen LogP contribution in [0.5, 0.6) is 0 Å². The molecule has 10 aromatic rings. The fraction of sp³-hybridized carbons (Fsp3) is 0.0690. The smallest absolute Gasteiger partial charge is 0.166 e. The predicted octanol–water partition coefficient (Wildman–Crippen LogP) is 13.5. The van der Waals surface area contributed by atoms with E-state index in [-0.39, 0.29) is 0 Å². The molecule has 0 saturated heterocycles. The first-order chi connectivity index (χ1) is 31.6. The lowest BCUT2D eigenvalue weighted by Gasteiger charge is -2.14. The molecule has 1 aliphatic heterocycles. The van der Waals surface area contributed by atoms with Gasteiger partial charge >= 0.3 is 0 Å². The van der Waals surface area contributed by atoms with Crippen LogP contribution in [0.3, 0.4) is 0 Å². The van der Waals surface area contributed by atoms with Crippen LogP contribution in [0.1, 0.15) is 57.4 Å². The maximum atomic E-state index is 5.40. The summed E-state index contributed by atoms with van der Waals surface area (Å²) in [5.74, 6) is 0. The number of nitrogens with zero attached hydrogens (tertiary/aromatic N) is 6. The van der Waals surface area contributed by atoms with E-state index in [0.717, 1.165) is 85.9 Å². The molecule has 64 heavy (non-hydrogen) atoms. The van der Waals surface area contributed by atoms with Crippen molar-refractivity contribution in [3.63, 3.8) is 0 Å². The number of allylic oxidation sites excluding steroid dienone is 1. The summed E-state index contributed by atoms with van der Waals surface area (Å²) in [6.45, 7) is 6.69. The third-order valence-corrected chi connectivity index (χ3v) is 12.9. The van der Waals surface area contributed by atoms with Crippen molar-refractivity contribution in [2.45, 2.75) is 25.9 Å². The summed E-state index contributed by atoms with van der Waals surface area (Å²) < 4.78 is 4.66. The highest BCUT2D eigenvalue weighted by Crippen LogP contribution is 2.37. The Labute approximate surface area is 371 Å². The molecule has 5 heterocycles. The van der Waals surface area contributed by atoms with Crippen molar-refractivity contribution in [2.75, 3.05) is 0 Å². The van der Waals surface area contributed by atoms with Gasteiger partial charge in [0.15, 0.2) is 6.17 Å². The highest BCUT2D eigenvalue weighted by Gasteiger charge is 2.27. The Hall–Kier alpha value is -8.22. The van der Waals surface area contributed by atoms with Crippen molar-refractivity contribution < 1.29 is 0 Å². The monoisotopic (exact) mass is 822 g/mol. The van der Waals surface area contributed by atoms with Crippen LogP contribution in [0.15, 0.2) is 205 Å². The van der Waals surface area contributed by atoms with Gasteiger partial charge in [0.25, 0.3) is 0 Å². The molecule has 0 radical (unpaired) electrons. The first-order valence-corrected chi connectivity index (χ1v) is 21.9. The highest BCUT2D eigenvalue weighted by atomic mass is 15.1. The molecule has 2 aliphatic rings. The van der Waals surface area contributed by atoms with Gasteiger partial charge in [0, 0.05) is 73.4 Å². The van der Waals surface area contributed by atoms with Crippen molar-refractivity contribution in [3.05, 3.63) is 240 Å². The zero-order valence-electron chi connectivity index (χ0n) is 35.4. The van der Waals surface area contributed by atoms with Gasteiger partial charge in [-0.25, -0.2) is 4.98 Å². The lowest BCUT2D eigenvalue weighted by Crippen LogP contribution is -2.14. The molecule has 6 nitrogen and oxygen atoms in total. The highest BCUT2D eigenvalue weighted by molar-refractivity contribution is 6.54. The molecular weight excluding hydrogens is 781 g/mol. The molecular formula is C58H42N6. The molecule has 6 aromatic carbocycles. The Morgan fingerprint density at radius 3 is 1.86 bits per heavy atom. The zero-order valence-corrected chi connectivity index (χ0v) is 35.4. The second-order valence-electron chi connectivity index (χ2n) is 16.6. The first-order valence-electron chi connectivity index (χ1n) is 21.9. The number of aliphatic imine (C=N–C) groups is 2. The third kappa shape index (κ3) is 6.17. The van der Waals surface area contributed by atoms with Gasteiger partial charge < -0.3 is 4.57 Å². The maximum absolute atomic E-state index is 5.40. The van der Waals surface area contributed by atoms with Crippen LogP contribution < -0.4 is 0 Å². The van der Waals surface area contributed by atoms with Crippen LogP contribution in [0.2, 0.25) is 0 Å². The number of hydrogen-bond acceptors (Lipinski definition) is 4. The summed E-state index contributed by atoms with van der Waals surface area (Å²) in [5, 5.41) is 3.67. The normalized spacial score (nSPS) is 14.5. The second-order valence-corrected chi connectivity index (χ2v) is 16.6. The van der Waals surface area contributed by atoms with Gasteiger partial charge in [0.2, 0.25) is 0 Å². The van der Waals surface area contributed by atoms with Crippen LogP contribution in [-0.4, -0.2) is 30.5 Å². The fourth-order valence-corrected chi connectivity index (χ4v) is 9.76. The summed E-state index contributed by atoms with van der Waals surface area (Å²) in [7, 11) is 0. The van der Waals surface area contributed by atoms with Crippen LogP contribution in [0, 0.1) is 6.92 Å². The van der Waals surface area contributed by atoms with E-state index in [1.807, 2.05) is 24.5 Å². The van der Waals surface area contributed by atoms with Crippen molar-refractivity contribution in [1.82, 2.24) is 19.1 Å². The average molecular weight is 823 g/mol. The number of aryl methyl sites for hydroxylation is 1. The van der Waals surface area contributed by atoms with E-state index < -0.39 is 6.17 Å². The third-order valence-electron chi connectivity index (χ3n) is 12.9. The SMILES string of the molecule is C=C(c1ccc(C2=NC(c3ccc(-n4c5ccccc5c5ccccc54)cc3)N=C2c2ccc(-n3c4c(c5cccnc53)C=CCC4)cc2)cc1)c1ncccc1-c1ccccc1C. The lowest BCUT2D eigenvalue weighted by molar-refractivity contribution is 0.798. The van der Waals surface area contributed by atoms with E-state index in [1.165, 1.54) is 44.0 Å². The Morgan fingerprint density at radius 2 is 1.14 bits per heavy atom. The van der Waals surface area contributed by atoms with Crippen LogP contribution >= 0.6 is 0 Å². The summed E-state index contributed by atoms with van der Waals surface area (Å²) in [6.07, 6.45) is 9.82. The number of rotatable bonds is 8. The average Bonchev–Trinajstić information content (AvgIpc) is 4.05. The molecule has 0 amide bonds. The van der Waals surface area contributed by atoms with Crippen molar-refractivity contribution in [1.29, 1.82) is 0 Å². The molecule has 1 unspecified atom stereocenters. The van der Waals surface area contributed by atoms with Gasteiger partial charge in [0.05, 0.1) is 28.2 Å². The first kappa shape index (κ1) is 37.5. The number of para-hydroxylation sites is 2. The zero-order chi connectivity index (χ0) is 42.7. The molecule has 12 rings (SSSR count). The molecule has 304 valence electrons. The van der Waals surface area contributed by atoms with Gasteiger partial charge in [-0.05, 0) is 96.6 Å². The van der Waals surface area contributed by atoms with Crippen LogP contribution in [-0.2, 0) is 6.42 Å². The maximum Gasteiger partial charge on any atom is 0.166 e. The van der Waals surface area contributed by atoms with Gasteiger partial charge in [0.1, 0.15) is 5.65 Å². The molecule has 0 bridgehead atoms. The Morgan fingerprint density at radius 1 is 0.562 bits per heavy atom. The van der Waals surface area contributed by atoms with Crippen LogP contribution in [0.25, 0.3) is 67.0 Å². The molecule has 0 saturated carbocycles. The van der Waals surface area contributed by atoms with E-state index in [4.69, 9.17) is 20.0 Å². The van der Waals surface area contributed by atoms with Crippen molar-refractivity contribution in [3.8, 4) is 22.5 Å². The predicted molar refractivity (Wildman–Crippen MR) is 264 cm³/mol. The Balaban J connectivity index is 0.923. The van der Waals surface area contributed by atoms with Gasteiger partial charge in [-0.1, -0.05) is 134 Å². The second kappa shape index (κ2) is 15.3. The van der Waals surface area contributed by atoms with Gasteiger partial charge in [-0.15, -0.1) is 0 Å². The van der Waals surface area contributed by atoms with Gasteiger partial charge in [-0.2, -0.15) is 0 Å². The summed E-state index contributed by atoms with van der Waals surface area (Å²) in [4.78, 5) is 20.5. The Bertz CT molecular complexity index is 3510. The van der Waals surface area contributed by atoms with E-state index in [2.05, 4.69) is 193 Å². The summed E-state index contributed by atoms with van der Waals surface area (Å²) in [6, 6.07) is 60.0. The minimum Gasteiger partial charge on any atom is -0.309 e. The molecule has 6 heteroatoms. The number of pyridine rings is 2. The van der Waals surface area contributed by atoms with Crippen molar-refractivity contribution >= 4 is 55.9 Å². The van der Waals surface area contributed by atoms with Crippen LogP contribution in [0.4, 0.5) is 0 Å². The van der Waals surface area contributed by atoms with E-state index >= 15 is 0 Å². The minimum atomic E-state index is -0.409. The largest absolute Gasteiger partial charge is 0.309 e. The number of fused-ring (bicyclic) bond motifs is 6. The number of benzene rings is 6. The molecule has 0 spiro atoms. The van der Waals surface area contributed by atoms with Gasteiger partial charge in [-0.3, -0.25) is 19.5 Å². The fourth-order valence-electron chi connectivity index (χ4n) is 9.76. The van der Waals surface area contributed by atoms with Crippen molar-refractivity contribution in [2.24, 2.45) is 9.98 Å². The van der Waals surface area contributed by atoms with E-state index in [9.17, 15) is 0 Å². The summed E-state index contributed by atoms with van der Waals surface area (Å²) in [5.41, 5.74) is 19.0. The quantitative estimate of drug-likeness (QED) is 0.153. The molecule has 0 fully saturated rings. The molecule has 0 N–H and O–H groups in total. The Kier molecular flexibility index (Phi) is 8.97. The summed E-state index contributed by atoms with van der Waals surface area (Å²) >= 11 is 0. The lowest BCUT2D eigenvalue weighted by atomic mass is 9.92. The van der Waals surface area contributed by atoms with E-state index in [1.54, 1.807) is 0 Å². The topological polar surface area (TPSA) is 60.4 Å². The molecule has 1 aliphatic carbocycles. The number of aromatic nitrogens is 4.